The lowest BCUT2D eigenvalue weighted by atomic mass is 9.98. The Morgan fingerprint density at radius 2 is 2.25 bits per heavy atom. The van der Waals surface area contributed by atoms with Gasteiger partial charge in [-0.05, 0) is 32.4 Å². The van der Waals surface area contributed by atoms with Gasteiger partial charge in [-0.2, -0.15) is 18.2 Å². The maximum atomic E-state index is 12.2. The summed E-state index contributed by atoms with van der Waals surface area (Å²) in [7, 11) is 1.92. The van der Waals surface area contributed by atoms with E-state index in [4.69, 9.17) is 0 Å². The molecule has 20 heavy (non-hydrogen) atoms. The number of aryl methyl sites for hydroxylation is 1. The molecule has 1 aromatic heterocycles. The molecule has 1 fully saturated rings. The van der Waals surface area contributed by atoms with Crippen LogP contribution >= 0.6 is 0 Å². The first-order valence-corrected chi connectivity index (χ1v) is 6.85. The number of H-pyrrole nitrogens is 1. The molecule has 1 aliphatic rings. The molecule has 1 saturated heterocycles. The second kappa shape index (κ2) is 6.43. The van der Waals surface area contributed by atoms with Gasteiger partial charge in [0.1, 0.15) is 5.82 Å². The van der Waals surface area contributed by atoms with E-state index < -0.39 is 12.6 Å². The van der Waals surface area contributed by atoms with Crippen LogP contribution in [0.1, 0.15) is 25.1 Å². The molecule has 5 nitrogen and oxygen atoms in total. The molecule has 1 aliphatic heterocycles. The second-order valence-corrected chi connectivity index (χ2v) is 5.21. The minimum Gasteiger partial charge on any atom is -0.339 e. The van der Waals surface area contributed by atoms with Crippen LogP contribution in [0.5, 0.6) is 0 Å². The average molecular weight is 291 g/mol. The van der Waals surface area contributed by atoms with Gasteiger partial charge in [-0.3, -0.25) is 5.10 Å². The minimum atomic E-state index is -4.16. The number of nitrogens with one attached hydrogen (secondary N) is 2. The van der Waals surface area contributed by atoms with Crippen molar-refractivity contribution in [3.63, 3.8) is 0 Å². The van der Waals surface area contributed by atoms with Crippen molar-refractivity contribution in [1.82, 2.24) is 20.5 Å². The number of anilines is 1. The Labute approximate surface area is 115 Å². The Morgan fingerprint density at radius 1 is 1.45 bits per heavy atom. The summed E-state index contributed by atoms with van der Waals surface area (Å²) < 4.78 is 36.5. The molecule has 0 aromatic carbocycles. The summed E-state index contributed by atoms with van der Waals surface area (Å²) in [6.07, 6.45) is -2.97. The summed E-state index contributed by atoms with van der Waals surface area (Å²) in [5.74, 6) is 1.35. The topological polar surface area (TPSA) is 56.8 Å². The first-order valence-electron chi connectivity index (χ1n) is 6.85. The van der Waals surface area contributed by atoms with Crippen LogP contribution < -0.4 is 10.2 Å². The fourth-order valence-corrected chi connectivity index (χ4v) is 2.50. The smallest absolute Gasteiger partial charge is 0.339 e. The molecule has 1 atom stereocenters. The standard InChI is InChI=1S/C12H20F3N5/c1-16-7-9-3-2-6-20(8-9)11-17-10(18-19-11)4-5-12(13,14)15/h9,16H,2-8H2,1H3,(H,17,18,19). The molecule has 8 heteroatoms. The molecule has 2 heterocycles. The molecule has 0 aliphatic carbocycles. The highest BCUT2D eigenvalue weighted by molar-refractivity contribution is 5.29. The van der Waals surface area contributed by atoms with Crippen LogP contribution in [0.4, 0.5) is 19.1 Å². The quantitative estimate of drug-likeness (QED) is 0.867. The largest absolute Gasteiger partial charge is 0.389 e. The molecule has 2 N–H and O–H groups in total. The highest BCUT2D eigenvalue weighted by atomic mass is 19.4. The van der Waals surface area contributed by atoms with Gasteiger partial charge in [-0.25, -0.2) is 0 Å². The fraction of sp³-hybridized carbons (Fsp3) is 0.833. The maximum Gasteiger partial charge on any atom is 0.389 e. The van der Waals surface area contributed by atoms with Crippen molar-refractivity contribution in [2.24, 2.45) is 5.92 Å². The van der Waals surface area contributed by atoms with Gasteiger partial charge in [0.25, 0.3) is 0 Å². The van der Waals surface area contributed by atoms with E-state index in [0.29, 0.717) is 17.7 Å². The number of aromatic amines is 1. The second-order valence-electron chi connectivity index (χ2n) is 5.21. The fourth-order valence-electron chi connectivity index (χ4n) is 2.50. The summed E-state index contributed by atoms with van der Waals surface area (Å²) in [6.45, 7) is 2.63. The van der Waals surface area contributed by atoms with Crippen LogP contribution in [0.2, 0.25) is 0 Å². The van der Waals surface area contributed by atoms with Gasteiger partial charge in [-0.15, -0.1) is 5.10 Å². The highest BCUT2D eigenvalue weighted by Gasteiger charge is 2.28. The Bertz CT molecular complexity index is 415. The molecule has 0 saturated carbocycles. The predicted molar refractivity (Wildman–Crippen MR) is 69.6 cm³/mol. The van der Waals surface area contributed by atoms with Crippen LogP contribution in [0.3, 0.4) is 0 Å². The van der Waals surface area contributed by atoms with Gasteiger partial charge in [-0.1, -0.05) is 0 Å². The summed E-state index contributed by atoms with van der Waals surface area (Å²) in [6, 6.07) is 0. The summed E-state index contributed by atoms with van der Waals surface area (Å²) in [5.41, 5.74) is 0. The van der Waals surface area contributed by atoms with Gasteiger partial charge in [0.05, 0.1) is 6.42 Å². The molecule has 2 rings (SSSR count). The van der Waals surface area contributed by atoms with Crippen molar-refractivity contribution in [2.45, 2.75) is 31.9 Å². The normalized spacial score (nSPS) is 20.4. The third kappa shape index (κ3) is 4.36. The van der Waals surface area contributed by atoms with Crippen LogP contribution in [-0.2, 0) is 6.42 Å². The van der Waals surface area contributed by atoms with E-state index in [1.807, 2.05) is 11.9 Å². The SMILES string of the molecule is CNCC1CCCN(c2n[nH]c(CCC(F)(F)F)n2)C1. The van der Waals surface area contributed by atoms with Gasteiger partial charge >= 0.3 is 6.18 Å². The molecule has 114 valence electrons. The number of aromatic nitrogens is 3. The van der Waals surface area contributed by atoms with Gasteiger partial charge in [0, 0.05) is 19.5 Å². The zero-order valence-electron chi connectivity index (χ0n) is 11.5. The van der Waals surface area contributed by atoms with E-state index in [2.05, 4.69) is 20.5 Å². The Hall–Kier alpha value is -1.31. The van der Waals surface area contributed by atoms with E-state index in [1.54, 1.807) is 0 Å². The van der Waals surface area contributed by atoms with Crippen LogP contribution in [-0.4, -0.2) is 48.0 Å². The summed E-state index contributed by atoms with van der Waals surface area (Å²) >= 11 is 0. The zero-order valence-corrected chi connectivity index (χ0v) is 11.5. The Morgan fingerprint density at radius 3 is 2.95 bits per heavy atom. The molecular formula is C12H20F3N5. The van der Waals surface area contributed by atoms with Crippen molar-refractivity contribution in [1.29, 1.82) is 0 Å². The van der Waals surface area contributed by atoms with E-state index in [-0.39, 0.29) is 6.42 Å². The number of nitrogens with zero attached hydrogens (tertiary/aromatic N) is 3. The summed E-state index contributed by atoms with van der Waals surface area (Å²) in [5, 5.41) is 9.79. The average Bonchev–Trinajstić information content (AvgIpc) is 2.85. The van der Waals surface area contributed by atoms with E-state index in [0.717, 1.165) is 32.5 Å². The molecule has 0 bridgehead atoms. The van der Waals surface area contributed by atoms with Crippen molar-refractivity contribution >= 4 is 5.95 Å². The number of alkyl halides is 3. The number of hydrogen-bond acceptors (Lipinski definition) is 4. The molecule has 0 radical (unpaired) electrons. The van der Waals surface area contributed by atoms with Crippen LogP contribution in [0, 0.1) is 5.92 Å². The lowest BCUT2D eigenvalue weighted by Gasteiger charge is -2.31. The molecule has 1 unspecified atom stereocenters. The molecule has 0 amide bonds. The lowest BCUT2D eigenvalue weighted by molar-refractivity contribution is -0.134. The maximum absolute atomic E-state index is 12.2. The van der Waals surface area contributed by atoms with Gasteiger partial charge in [0.15, 0.2) is 0 Å². The predicted octanol–water partition coefficient (Wildman–Crippen LogP) is 1.74. The molecule has 0 spiro atoms. The molecule has 1 aromatic rings. The first kappa shape index (κ1) is 15.1. The third-order valence-electron chi connectivity index (χ3n) is 3.46. The summed E-state index contributed by atoms with van der Waals surface area (Å²) in [4.78, 5) is 6.21. The number of piperidine rings is 1. The lowest BCUT2D eigenvalue weighted by Crippen LogP contribution is -2.39. The van der Waals surface area contributed by atoms with E-state index in [9.17, 15) is 13.2 Å². The van der Waals surface area contributed by atoms with E-state index in [1.165, 1.54) is 0 Å². The Balaban J connectivity index is 1.91. The van der Waals surface area contributed by atoms with Crippen molar-refractivity contribution in [3.8, 4) is 0 Å². The minimum absolute atomic E-state index is 0.149. The monoisotopic (exact) mass is 291 g/mol. The Kier molecular flexibility index (Phi) is 4.85. The zero-order chi connectivity index (χ0) is 14.6. The van der Waals surface area contributed by atoms with Crippen molar-refractivity contribution in [2.75, 3.05) is 31.6 Å². The number of rotatable bonds is 5. The molecular weight excluding hydrogens is 271 g/mol. The van der Waals surface area contributed by atoms with Gasteiger partial charge < -0.3 is 10.2 Å². The number of halogens is 3. The number of hydrogen-bond donors (Lipinski definition) is 2. The van der Waals surface area contributed by atoms with Crippen LogP contribution in [0.25, 0.3) is 0 Å². The highest BCUT2D eigenvalue weighted by Crippen LogP contribution is 2.23. The first-order chi connectivity index (χ1) is 9.48. The van der Waals surface area contributed by atoms with E-state index >= 15 is 0 Å². The third-order valence-corrected chi connectivity index (χ3v) is 3.46. The van der Waals surface area contributed by atoms with Gasteiger partial charge in [0.2, 0.25) is 5.95 Å². The van der Waals surface area contributed by atoms with Crippen LogP contribution in [0.15, 0.2) is 0 Å². The van der Waals surface area contributed by atoms with Crippen molar-refractivity contribution < 1.29 is 13.2 Å². The van der Waals surface area contributed by atoms with Crippen molar-refractivity contribution in [3.05, 3.63) is 5.82 Å².